The van der Waals surface area contributed by atoms with Crippen molar-refractivity contribution in [2.45, 2.75) is 13.1 Å². The van der Waals surface area contributed by atoms with Crippen molar-refractivity contribution in [3.05, 3.63) is 59.7 Å². The third-order valence-electron chi connectivity index (χ3n) is 3.37. The Kier molecular flexibility index (Phi) is 5.60. The highest BCUT2D eigenvalue weighted by molar-refractivity contribution is 5.54. The van der Waals surface area contributed by atoms with Gasteiger partial charge >= 0.3 is 0 Å². The number of methoxy groups -OCH3 is 1. The second-order valence-corrected chi connectivity index (χ2v) is 5.00. The Morgan fingerprint density at radius 2 is 1.76 bits per heavy atom. The molecular formula is C17H22N2O2. The lowest BCUT2D eigenvalue weighted by Crippen LogP contribution is -2.26. The van der Waals surface area contributed by atoms with Crippen LogP contribution < -0.4 is 10.5 Å². The van der Waals surface area contributed by atoms with Crippen molar-refractivity contribution >= 4 is 5.69 Å². The van der Waals surface area contributed by atoms with Crippen LogP contribution in [0, 0.1) is 0 Å². The van der Waals surface area contributed by atoms with Crippen molar-refractivity contribution in [3.8, 4) is 5.75 Å². The molecule has 0 saturated heterocycles. The van der Waals surface area contributed by atoms with Crippen LogP contribution in [0.25, 0.3) is 0 Å². The molecule has 112 valence electrons. The van der Waals surface area contributed by atoms with Gasteiger partial charge in [0.1, 0.15) is 5.75 Å². The molecule has 0 saturated carbocycles. The molecule has 0 unspecified atom stereocenters. The highest BCUT2D eigenvalue weighted by atomic mass is 16.5. The summed E-state index contributed by atoms with van der Waals surface area (Å²) in [6.07, 6.45) is 0. The summed E-state index contributed by atoms with van der Waals surface area (Å²) in [5.74, 6) is 0.690. The van der Waals surface area contributed by atoms with Crippen LogP contribution in [0.4, 0.5) is 5.69 Å². The summed E-state index contributed by atoms with van der Waals surface area (Å²) in [7, 11) is 1.61. The van der Waals surface area contributed by atoms with Crippen LogP contribution in [0.2, 0.25) is 0 Å². The third-order valence-corrected chi connectivity index (χ3v) is 3.37. The summed E-state index contributed by atoms with van der Waals surface area (Å²) in [5.41, 5.74) is 8.92. The Labute approximate surface area is 125 Å². The van der Waals surface area contributed by atoms with Gasteiger partial charge in [0.05, 0.1) is 19.4 Å². The van der Waals surface area contributed by atoms with E-state index in [9.17, 15) is 5.11 Å². The lowest BCUT2D eigenvalue weighted by atomic mass is 10.1. The number of benzene rings is 2. The molecule has 0 aliphatic rings. The van der Waals surface area contributed by atoms with Gasteiger partial charge in [0.15, 0.2) is 0 Å². The summed E-state index contributed by atoms with van der Waals surface area (Å²) in [5, 5.41) is 9.24. The van der Waals surface area contributed by atoms with Crippen molar-refractivity contribution < 1.29 is 9.84 Å². The first-order valence-electron chi connectivity index (χ1n) is 7.02. The zero-order valence-electron chi connectivity index (χ0n) is 12.3. The number of nitrogen functional groups attached to an aromatic ring is 1. The number of aliphatic hydroxyl groups is 1. The minimum atomic E-state index is 0.137. The summed E-state index contributed by atoms with van der Waals surface area (Å²) < 4.78 is 5.17. The first-order valence-corrected chi connectivity index (χ1v) is 7.02. The summed E-state index contributed by atoms with van der Waals surface area (Å²) in [6, 6.07) is 16.0. The van der Waals surface area contributed by atoms with Crippen LogP contribution in [0.1, 0.15) is 11.1 Å². The van der Waals surface area contributed by atoms with Crippen LogP contribution in [-0.2, 0) is 13.1 Å². The summed E-state index contributed by atoms with van der Waals surface area (Å²) in [4.78, 5) is 2.19. The average molecular weight is 286 g/mol. The van der Waals surface area contributed by atoms with E-state index >= 15 is 0 Å². The van der Waals surface area contributed by atoms with E-state index in [1.165, 1.54) is 5.56 Å². The first-order chi connectivity index (χ1) is 10.2. The summed E-state index contributed by atoms with van der Waals surface area (Å²) in [6.45, 7) is 2.30. The Hall–Kier alpha value is -2.04. The molecule has 21 heavy (non-hydrogen) atoms. The number of hydrogen-bond acceptors (Lipinski definition) is 4. The van der Waals surface area contributed by atoms with Gasteiger partial charge in [0.25, 0.3) is 0 Å². The fourth-order valence-corrected chi connectivity index (χ4v) is 2.34. The molecule has 0 radical (unpaired) electrons. The number of ether oxygens (including phenoxy) is 1. The predicted octanol–water partition coefficient (Wildman–Crippen LogP) is 2.27. The van der Waals surface area contributed by atoms with Gasteiger partial charge in [-0.1, -0.05) is 36.4 Å². The van der Waals surface area contributed by atoms with Crippen LogP contribution >= 0.6 is 0 Å². The number of nitrogens with two attached hydrogens (primary N) is 1. The number of anilines is 1. The summed E-state index contributed by atoms with van der Waals surface area (Å²) >= 11 is 0. The van der Waals surface area contributed by atoms with Crippen LogP contribution in [0.15, 0.2) is 48.5 Å². The molecule has 0 atom stereocenters. The van der Waals surface area contributed by atoms with Gasteiger partial charge in [-0.05, 0) is 23.3 Å². The van der Waals surface area contributed by atoms with Gasteiger partial charge < -0.3 is 15.6 Å². The maximum absolute atomic E-state index is 9.24. The number of rotatable bonds is 7. The van der Waals surface area contributed by atoms with E-state index in [0.29, 0.717) is 18.0 Å². The normalized spacial score (nSPS) is 10.8. The van der Waals surface area contributed by atoms with Gasteiger partial charge in [0.2, 0.25) is 0 Å². The zero-order valence-corrected chi connectivity index (χ0v) is 12.3. The highest BCUT2D eigenvalue weighted by Gasteiger charge is 2.08. The van der Waals surface area contributed by atoms with Crippen molar-refractivity contribution in [1.82, 2.24) is 4.90 Å². The quantitative estimate of drug-likeness (QED) is 0.767. The van der Waals surface area contributed by atoms with Gasteiger partial charge in [-0.15, -0.1) is 0 Å². The molecule has 0 aromatic heterocycles. The Morgan fingerprint density at radius 3 is 2.38 bits per heavy atom. The molecule has 4 nitrogen and oxygen atoms in total. The number of nitrogens with zero attached hydrogens (tertiary/aromatic N) is 1. The SMILES string of the molecule is COc1ccc(CN(CCO)Cc2ccccc2)cc1N. The fraction of sp³-hybridized carbons (Fsp3) is 0.294. The Balaban J connectivity index is 2.07. The molecule has 4 heteroatoms. The van der Waals surface area contributed by atoms with Crippen LogP contribution in [0.5, 0.6) is 5.75 Å². The van der Waals surface area contributed by atoms with E-state index in [4.69, 9.17) is 10.5 Å². The van der Waals surface area contributed by atoms with E-state index in [2.05, 4.69) is 17.0 Å². The molecule has 2 aromatic rings. The van der Waals surface area contributed by atoms with E-state index in [1.54, 1.807) is 7.11 Å². The van der Waals surface area contributed by atoms with Crippen molar-refractivity contribution in [2.75, 3.05) is 26.0 Å². The Bertz CT molecular complexity index is 558. The highest BCUT2D eigenvalue weighted by Crippen LogP contribution is 2.23. The lowest BCUT2D eigenvalue weighted by Gasteiger charge is -2.22. The molecule has 0 amide bonds. The molecule has 0 spiro atoms. The van der Waals surface area contributed by atoms with Gasteiger partial charge in [-0.25, -0.2) is 0 Å². The minimum Gasteiger partial charge on any atom is -0.495 e. The van der Waals surface area contributed by atoms with Crippen LogP contribution in [0.3, 0.4) is 0 Å². The van der Waals surface area contributed by atoms with Crippen LogP contribution in [-0.4, -0.2) is 30.3 Å². The molecule has 0 aliphatic heterocycles. The average Bonchev–Trinajstić information content (AvgIpc) is 2.49. The van der Waals surface area contributed by atoms with E-state index in [0.717, 1.165) is 18.7 Å². The predicted molar refractivity (Wildman–Crippen MR) is 85.0 cm³/mol. The van der Waals surface area contributed by atoms with Gasteiger partial charge in [-0.3, -0.25) is 4.90 Å². The molecule has 0 bridgehead atoms. The van der Waals surface area contributed by atoms with Crippen molar-refractivity contribution in [1.29, 1.82) is 0 Å². The Morgan fingerprint density at radius 1 is 1.05 bits per heavy atom. The second-order valence-electron chi connectivity index (χ2n) is 5.00. The topological polar surface area (TPSA) is 58.7 Å². The van der Waals surface area contributed by atoms with Crippen molar-refractivity contribution in [3.63, 3.8) is 0 Å². The molecule has 0 heterocycles. The van der Waals surface area contributed by atoms with Gasteiger partial charge in [0, 0.05) is 19.6 Å². The number of aliphatic hydroxyl groups excluding tert-OH is 1. The van der Waals surface area contributed by atoms with Crippen molar-refractivity contribution in [2.24, 2.45) is 0 Å². The standard InChI is InChI=1S/C17H22N2O2/c1-21-17-8-7-15(11-16(17)18)13-19(9-10-20)12-14-5-3-2-4-6-14/h2-8,11,20H,9-10,12-13,18H2,1H3. The van der Waals surface area contributed by atoms with E-state index in [-0.39, 0.29) is 6.61 Å². The molecule has 3 N–H and O–H groups in total. The molecule has 2 aromatic carbocycles. The smallest absolute Gasteiger partial charge is 0.141 e. The molecule has 2 rings (SSSR count). The third kappa shape index (κ3) is 4.48. The number of hydrogen-bond donors (Lipinski definition) is 2. The molecular weight excluding hydrogens is 264 g/mol. The maximum atomic E-state index is 9.24. The zero-order chi connectivity index (χ0) is 15.1. The minimum absolute atomic E-state index is 0.137. The largest absolute Gasteiger partial charge is 0.495 e. The van der Waals surface area contributed by atoms with Gasteiger partial charge in [-0.2, -0.15) is 0 Å². The molecule has 0 aliphatic carbocycles. The molecule has 0 fully saturated rings. The maximum Gasteiger partial charge on any atom is 0.141 e. The first kappa shape index (κ1) is 15.4. The fourth-order valence-electron chi connectivity index (χ4n) is 2.34. The monoisotopic (exact) mass is 286 g/mol. The second kappa shape index (κ2) is 7.67. The van der Waals surface area contributed by atoms with E-state index in [1.807, 2.05) is 36.4 Å². The lowest BCUT2D eigenvalue weighted by molar-refractivity contribution is 0.184. The van der Waals surface area contributed by atoms with E-state index < -0.39 is 0 Å².